The summed E-state index contributed by atoms with van der Waals surface area (Å²) in [6, 6.07) is 17.7. The predicted molar refractivity (Wildman–Crippen MR) is 109 cm³/mol. The molecule has 1 heterocycles. The highest BCUT2D eigenvalue weighted by molar-refractivity contribution is 5.96. The van der Waals surface area contributed by atoms with Gasteiger partial charge in [-0.2, -0.15) is 5.10 Å². The first-order chi connectivity index (χ1) is 13.9. The lowest BCUT2D eigenvalue weighted by Gasteiger charge is -2.16. The van der Waals surface area contributed by atoms with Crippen molar-refractivity contribution in [3.8, 4) is 11.5 Å². The lowest BCUT2D eigenvalue weighted by molar-refractivity contribution is -0.123. The molecule has 29 heavy (non-hydrogen) atoms. The topological polar surface area (TPSA) is 82.5 Å². The highest BCUT2D eigenvalue weighted by Crippen LogP contribution is 2.21. The van der Waals surface area contributed by atoms with Gasteiger partial charge in [0.25, 0.3) is 5.91 Å². The first-order valence-electron chi connectivity index (χ1n) is 9.32. The van der Waals surface area contributed by atoms with Crippen LogP contribution in [-0.4, -0.2) is 27.8 Å². The van der Waals surface area contributed by atoms with Crippen molar-refractivity contribution < 1.29 is 19.1 Å². The monoisotopic (exact) mass is 393 g/mol. The lowest BCUT2D eigenvalue weighted by atomic mass is 10.2. The van der Waals surface area contributed by atoms with Crippen molar-refractivity contribution in [3.05, 3.63) is 72.4 Å². The number of nitrogens with zero attached hydrogens (tertiary/aromatic N) is 2. The molecule has 0 bridgehead atoms. The van der Waals surface area contributed by atoms with Crippen molar-refractivity contribution in [3.63, 3.8) is 0 Å². The SMILES string of the molecule is CC(C)n1nccc1NC(=O)[C@@H](C)OC(=O)c1ccc(Oc2ccccc2)cc1. The summed E-state index contributed by atoms with van der Waals surface area (Å²) in [5.74, 6) is 0.839. The number of aromatic nitrogens is 2. The van der Waals surface area contributed by atoms with E-state index in [-0.39, 0.29) is 6.04 Å². The van der Waals surface area contributed by atoms with Crippen LogP contribution in [0.3, 0.4) is 0 Å². The fraction of sp³-hybridized carbons (Fsp3) is 0.227. The summed E-state index contributed by atoms with van der Waals surface area (Å²) in [5.41, 5.74) is 0.331. The van der Waals surface area contributed by atoms with Gasteiger partial charge in [0, 0.05) is 12.1 Å². The average molecular weight is 393 g/mol. The lowest BCUT2D eigenvalue weighted by Crippen LogP contribution is -2.31. The van der Waals surface area contributed by atoms with Gasteiger partial charge in [-0.05, 0) is 57.2 Å². The minimum absolute atomic E-state index is 0.0924. The van der Waals surface area contributed by atoms with E-state index in [0.29, 0.717) is 22.9 Å². The van der Waals surface area contributed by atoms with E-state index in [9.17, 15) is 9.59 Å². The van der Waals surface area contributed by atoms with Crippen molar-refractivity contribution in [2.75, 3.05) is 5.32 Å². The number of amides is 1. The minimum atomic E-state index is -0.960. The third-order valence-corrected chi connectivity index (χ3v) is 4.13. The number of hydrogen-bond donors (Lipinski definition) is 1. The molecule has 7 heteroatoms. The van der Waals surface area contributed by atoms with Crippen molar-refractivity contribution in [2.24, 2.45) is 0 Å². The Morgan fingerprint density at radius 2 is 1.59 bits per heavy atom. The quantitative estimate of drug-likeness (QED) is 0.600. The number of nitrogens with one attached hydrogen (secondary N) is 1. The van der Waals surface area contributed by atoms with Gasteiger partial charge in [0.15, 0.2) is 6.10 Å². The number of benzene rings is 2. The van der Waals surface area contributed by atoms with E-state index < -0.39 is 18.0 Å². The summed E-state index contributed by atoms with van der Waals surface area (Å²) in [7, 11) is 0. The molecule has 1 amide bonds. The van der Waals surface area contributed by atoms with Crippen LogP contribution in [0.5, 0.6) is 11.5 Å². The normalized spacial score (nSPS) is 11.7. The van der Waals surface area contributed by atoms with E-state index in [2.05, 4.69) is 10.4 Å². The maximum absolute atomic E-state index is 12.4. The van der Waals surface area contributed by atoms with Crippen molar-refractivity contribution in [1.29, 1.82) is 0 Å². The van der Waals surface area contributed by atoms with Crippen molar-refractivity contribution >= 4 is 17.7 Å². The van der Waals surface area contributed by atoms with Gasteiger partial charge in [-0.3, -0.25) is 4.79 Å². The smallest absolute Gasteiger partial charge is 0.338 e. The summed E-state index contributed by atoms with van der Waals surface area (Å²) >= 11 is 0. The number of ether oxygens (including phenoxy) is 2. The highest BCUT2D eigenvalue weighted by atomic mass is 16.5. The zero-order chi connectivity index (χ0) is 20.8. The number of hydrogen-bond acceptors (Lipinski definition) is 5. The van der Waals surface area contributed by atoms with Gasteiger partial charge in [-0.15, -0.1) is 0 Å². The molecule has 2 aromatic carbocycles. The molecule has 7 nitrogen and oxygen atoms in total. The molecule has 3 rings (SSSR count). The van der Waals surface area contributed by atoms with Crippen LogP contribution < -0.4 is 10.1 Å². The first-order valence-corrected chi connectivity index (χ1v) is 9.32. The van der Waals surface area contributed by atoms with E-state index in [1.165, 1.54) is 6.92 Å². The molecule has 0 unspecified atom stereocenters. The number of esters is 1. The second kappa shape index (κ2) is 9.05. The van der Waals surface area contributed by atoms with Gasteiger partial charge in [0.1, 0.15) is 17.3 Å². The van der Waals surface area contributed by atoms with Crippen LogP contribution in [0.1, 0.15) is 37.2 Å². The van der Waals surface area contributed by atoms with Gasteiger partial charge >= 0.3 is 5.97 Å². The molecular weight excluding hydrogens is 370 g/mol. The third-order valence-electron chi connectivity index (χ3n) is 4.13. The molecule has 0 spiro atoms. The Labute approximate surface area is 169 Å². The molecule has 0 saturated heterocycles. The van der Waals surface area contributed by atoms with Gasteiger partial charge in [-0.1, -0.05) is 18.2 Å². The minimum Gasteiger partial charge on any atom is -0.457 e. The summed E-state index contributed by atoms with van der Waals surface area (Å²) in [6.07, 6.45) is 0.643. The molecule has 150 valence electrons. The molecule has 1 aromatic heterocycles. The molecule has 0 aliphatic heterocycles. The number of carbonyl (C=O) groups excluding carboxylic acids is 2. The predicted octanol–water partition coefficient (Wildman–Crippen LogP) is 4.44. The van der Waals surface area contributed by atoms with Gasteiger partial charge in [0.05, 0.1) is 11.8 Å². The van der Waals surface area contributed by atoms with Gasteiger partial charge in [0.2, 0.25) is 0 Å². The Morgan fingerprint density at radius 1 is 0.931 bits per heavy atom. The molecule has 1 atom stereocenters. The molecule has 0 radical (unpaired) electrons. The maximum Gasteiger partial charge on any atom is 0.338 e. The van der Waals surface area contributed by atoms with E-state index in [0.717, 1.165) is 0 Å². The van der Waals surface area contributed by atoms with Gasteiger partial charge in [-0.25, -0.2) is 9.48 Å². The fourth-order valence-corrected chi connectivity index (χ4v) is 2.62. The molecule has 0 saturated carbocycles. The zero-order valence-electron chi connectivity index (χ0n) is 16.5. The number of carbonyl (C=O) groups is 2. The Bertz CT molecular complexity index is 965. The van der Waals surface area contributed by atoms with Crippen LogP contribution in [0.25, 0.3) is 0 Å². The number of para-hydroxylation sites is 1. The Hall–Kier alpha value is -3.61. The van der Waals surface area contributed by atoms with E-state index in [1.54, 1.807) is 41.2 Å². The average Bonchev–Trinajstić information content (AvgIpc) is 3.17. The zero-order valence-corrected chi connectivity index (χ0v) is 16.5. The van der Waals surface area contributed by atoms with Crippen LogP contribution in [0.2, 0.25) is 0 Å². The van der Waals surface area contributed by atoms with Crippen LogP contribution in [0, 0.1) is 0 Å². The molecule has 0 aliphatic rings. The number of anilines is 1. The second-order valence-corrected chi connectivity index (χ2v) is 6.73. The standard InChI is InChI=1S/C22H23N3O4/c1-15(2)25-20(13-14-23-25)24-21(26)16(3)28-22(27)17-9-11-19(12-10-17)29-18-7-5-4-6-8-18/h4-16H,1-3H3,(H,24,26)/t16-/m1/s1. The van der Waals surface area contributed by atoms with Crippen molar-refractivity contribution in [1.82, 2.24) is 9.78 Å². The molecule has 0 fully saturated rings. The summed E-state index contributed by atoms with van der Waals surface area (Å²) in [4.78, 5) is 24.7. The largest absolute Gasteiger partial charge is 0.457 e. The third kappa shape index (κ3) is 5.22. The molecule has 1 N–H and O–H groups in total. The second-order valence-electron chi connectivity index (χ2n) is 6.73. The Kier molecular flexibility index (Phi) is 6.29. The van der Waals surface area contributed by atoms with Crippen LogP contribution in [0.15, 0.2) is 66.9 Å². The van der Waals surface area contributed by atoms with Crippen molar-refractivity contribution in [2.45, 2.75) is 32.9 Å². The highest BCUT2D eigenvalue weighted by Gasteiger charge is 2.20. The summed E-state index contributed by atoms with van der Waals surface area (Å²) in [6.45, 7) is 5.44. The maximum atomic E-state index is 12.4. The van der Waals surface area contributed by atoms with Crippen LogP contribution >= 0.6 is 0 Å². The molecule has 0 aliphatic carbocycles. The van der Waals surface area contributed by atoms with E-state index in [4.69, 9.17) is 9.47 Å². The summed E-state index contributed by atoms with van der Waals surface area (Å²) < 4.78 is 12.7. The Balaban J connectivity index is 1.57. The van der Waals surface area contributed by atoms with E-state index >= 15 is 0 Å². The molecule has 3 aromatic rings. The molecular formula is C22H23N3O4. The van der Waals surface area contributed by atoms with E-state index in [1.807, 2.05) is 44.2 Å². The Morgan fingerprint density at radius 3 is 2.24 bits per heavy atom. The fourth-order valence-electron chi connectivity index (χ4n) is 2.62. The van der Waals surface area contributed by atoms with Crippen LogP contribution in [-0.2, 0) is 9.53 Å². The summed E-state index contributed by atoms with van der Waals surface area (Å²) in [5, 5.41) is 6.89. The number of rotatable bonds is 7. The first kappa shape index (κ1) is 20.1. The van der Waals surface area contributed by atoms with Crippen LogP contribution in [0.4, 0.5) is 5.82 Å². The van der Waals surface area contributed by atoms with Gasteiger partial charge < -0.3 is 14.8 Å².